The van der Waals surface area contributed by atoms with Crippen molar-refractivity contribution in [2.24, 2.45) is 5.41 Å². The van der Waals surface area contributed by atoms with Gasteiger partial charge in [-0.3, -0.25) is 0 Å². The first kappa shape index (κ1) is 22.6. The van der Waals surface area contributed by atoms with Crippen LogP contribution in [0.3, 0.4) is 0 Å². The Morgan fingerprint density at radius 2 is 2.00 bits per heavy atom. The zero-order chi connectivity index (χ0) is 23.0. The molecule has 9 heteroatoms. The Morgan fingerprint density at radius 1 is 1.22 bits per heavy atom. The Balaban J connectivity index is 1.71. The maximum Gasteiger partial charge on any atom is 0.226 e. The van der Waals surface area contributed by atoms with Gasteiger partial charge in [-0.15, -0.1) is 0 Å². The summed E-state index contributed by atoms with van der Waals surface area (Å²) in [7, 11) is 4.12. The molecule has 172 valence electrons. The summed E-state index contributed by atoms with van der Waals surface area (Å²) in [6.45, 7) is 9.77. The Morgan fingerprint density at radius 3 is 2.72 bits per heavy atom. The van der Waals surface area contributed by atoms with Crippen LogP contribution in [0.4, 0.5) is 11.5 Å². The van der Waals surface area contributed by atoms with Crippen LogP contribution in [0.25, 0.3) is 11.2 Å². The Hall–Kier alpha value is -2.58. The first-order chi connectivity index (χ1) is 15.1. The second-order valence-corrected chi connectivity index (χ2v) is 10.1. The number of rotatable bonds is 7. The van der Waals surface area contributed by atoms with Crippen LogP contribution in [0.5, 0.6) is 5.75 Å². The average Bonchev–Trinajstić information content (AvgIpc) is 3.28. The van der Waals surface area contributed by atoms with Crippen molar-refractivity contribution in [2.45, 2.75) is 40.2 Å². The first-order valence-corrected chi connectivity index (χ1v) is 11.3. The molecule has 0 saturated heterocycles. The summed E-state index contributed by atoms with van der Waals surface area (Å²) in [6.07, 6.45) is 1.57. The molecule has 0 unspecified atom stereocenters. The van der Waals surface area contributed by atoms with Gasteiger partial charge in [0.1, 0.15) is 11.6 Å². The lowest BCUT2D eigenvalue weighted by atomic mass is 9.97. The summed E-state index contributed by atoms with van der Waals surface area (Å²) in [5, 5.41) is 3.66. The van der Waals surface area contributed by atoms with Crippen LogP contribution in [0.2, 0.25) is 5.28 Å². The molecule has 3 aromatic rings. The van der Waals surface area contributed by atoms with Crippen molar-refractivity contribution in [2.75, 3.05) is 44.4 Å². The Bertz CT molecular complexity index is 1130. The zero-order valence-electron chi connectivity index (χ0n) is 19.5. The van der Waals surface area contributed by atoms with Crippen molar-refractivity contribution in [3.63, 3.8) is 0 Å². The molecule has 2 aromatic heterocycles. The summed E-state index contributed by atoms with van der Waals surface area (Å²) < 4.78 is 7.93. The van der Waals surface area contributed by atoms with Gasteiger partial charge in [0.25, 0.3) is 0 Å². The normalized spacial score (nSPS) is 13.4. The fourth-order valence-corrected chi connectivity index (χ4v) is 4.22. The molecule has 0 bridgehead atoms. The highest BCUT2D eigenvalue weighted by molar-refractivity contribution is 6.28. The largest absolute Gasteiger partial charge is 0.493 e. The van der Waals surface area contributed by atoms with Crippen LogP contribution in [0, 0.1) is 5.41 Å². The number of hydrogen-bond donors (Lipinski definition) is 2. The van der Waals surface area contributed by atoms with Crippen LogP contribution in [-0.2, 0) is 19.4 Å². The van der Waals surface area contributed by atoms with E-state index in [9.17, 15) is 0 Å². The number of halogens is 1. The highest BCUT2D eigenvalue weighted by Gasteiger charge is 2.21. The molecule has 3 N–H and O–H groups in total. The van der Waals surface area contributed by atoms with E-state index in [2.05, 4.69) is 71.8 Å². The van der Waals surface area contributed by atoms with Crippen LogP contribution in [0.15, 0.2) is 12.1 Å². The molecule has 0 radical (unpaired) electrons. The minimum Gasteiger partial charge on any atom is -0.493 e. The molecule has 0 spiro atoms. The molecule has 0 aliphatic carbocycles. The van der Waals surface area contributed by atoms with Crippen molar-refractivity contribution in [3.05, 3.63) is 34.4 Å². The molecule has 0 amide bonds. The van der Waals surface area contributed by atoms with E-state index in [0.29, 0.717) is 29.9 Å². The summed E-state index contributed by atoms with van der Waals surface area (Å²) >= 11 is 6.14. The molecular weight excluding hydrogens is 426 g/mol. The molecule has 0 saturated carbocycles. The van der Waals surface area contributed by atoms with Crippen molar-refractivity contribution in [1.29, 1.82) is 0 Å². The summed E-state index contributed by atoms with van der Waals surface area (Å²) in [6, 6.07) is 4.36. The number of anilines is 2. The minimum atomic E-state index is 0.130. The van der Waals surface area contributed by atoms with Gasteiger partial charge in [-0.1, -0.05) is 20.8 Å². The van der Waals surface area contributed by atoms with Crippen LogP contribution in [-0.4, -0.2) is 53.3 Å². The van der Waals surface area contributed by atoms with Gasteiger partial charge in [-0.2, -0.15) is 9.97 Å². The third-order valence-electron chi connectivity index (χ3n) is 5.56. The van der Waals surface area contributed by atoms with Gasteiger partial charge in [0.05, 0.1) is 6.61 Å². The third kappa shape index (κ3) is 4.76. The molecule has 1 aliphatic heterocycles. The fraction of sp³-hybridized carbons (Fsp3) is 0.522. The maximum atomic E-state index is 6.14. The number of nitrogen functional groups attached to an aromatic ring is 1. The van der Waals surface area contributed by atoms with E-state index in [1.165, 1.54) is 5.56 Å². The average molecular weight is 458 g/mol. The first-order valence-electron chi connectivity index (χ1n) is 11.0. The van der Waals surface area contributed by atoms with Gasteiger partial charge in [-0.25, -0.2) is 4.98 Å². The van der Waals surface area contributed by atoms with E-state index >= 15 is 0 Å². The predicted molar refractivity (Wildman–Crippen MR) is 130 cm³/mol. The highest BCUT2D eigenvalue weighted by atomic mass is 35.5. The number of ether oxygens (including phenoxy) is 1. The number of nitrogens with two attached hydrogens (primary N) is 1. The van der Waals surface area contributed by atoms with Gasteiger partial charge in [0, 0.05) is 52.3 Å². The standard InChI is InChI=1S/C23H32ClN7O/c1-23(2,3)13-26-7-8-31-18(27-19-20(25)28-22(24)29-21(19)31)12-15-11-17-14(6-9-32-17)10-16(15)30(4)5/h10-11,26H,6-9,12-13H2,1-5H3,(H2,25,28,29). The minimum absolute atomic E-state index is 0.130. The zero-order valence-corrected chi connectivity index (χ0v) is 20.3. The van der Waals surface area contributed by atoms with E-state index in [0.717, 1.165) is 48.9 Å². The summed E-state index contributed by atoms with van der Waals surface area (Å²) in [4.78, 5) is 15.5. The molecule has 32 heavy (non-hydrogen) atoms. The van der Waals surface area contributed by atoms with Gasteiger partial charge in [0.2, 0.25) is 5.28 Å². The molecule has 8 nitrogen and oxygen atoms in total. The van der Waals surface area contributed by atoms with E-state index < -0.39 is 0 Å². The van der Waals surface area contributed by atoms with Gasteiger partial charge in [-0.05, 0) is 40.3 Å². The van der Waals surface area contributed by atoms with Crippen LogP contribution < -0.4 is 20.7 Å². The summed E-state index contributed by atoms with van der Waals surface area (Å²) in [5.41, 5.74) is 11.2. The molecular formula is C23H32ClN7O. The van der Waals surface area contributed by atoms with E-state index in [-0.39, 0.29) is 10.7 Å². The van der Waals surface area contributed by atoms with Gasteiger partial charge >= 0.3 is 0 Å². The number of imidazole rings is 1. The predicted octanol–water partition coefficient (Wildman–Crippen LogP) is 3.29. The van der Waals surface area contributed by atoms with Gasteiger partial charge < -0.3 is 25.3 Å². The Labute approximate surface area is 194 Å². The van der Waals surface area contributed by atoms with Gasteiger partial charge in [0.15, 0.2) is 17.0 Å². The van der Waals surface area contributed by atoms with Crippen LogP contribution >= 0.6 is 11.6 Å². The molecule has 0 fully saturated rings. The highest BCUT2D eigenvalue weighted by Crippen LogP contribution is 2.34. The van der Waals surface area contributed by atoms with Crippen molar-refractivity contribution in [3.8, 4) is 5.75 Å². The molecule has 0 atom stereocenters. The lowest BCUT2D eigenvalue weighted by molar-refractivity contribution is 0.356. The third-order valence-corrected chi connectivity index (χ3v) is 5.73. The molecule has 3 heterocycles. The second kappa shape index (κ2) is 8.75. The van der Waals surface area contributed by atoms with Crippen molar-refractivity contribution in [1.82, 2.24) is 24.8 Å². The topological polar surface area (TPSA) is 94.1 Å². The van der Waals surface area contributed by atoms with E-state index in [1.54, 1.807) is 0 Å². The van der Waals surface area contributed by atoms with E-state index in [4.69, 9.17) is 27.1 Å². The lowest BCUT2D eigenvalue weighted by Crippen LogP contribution is -2.30. The smallest absolute Gasteiger partial charge is 0.226 e. The van der Waals surface area contributed by atoms with Crippen LogP contribution in [0.1, 0.15) is 37.7 Å². The molecule has 1 aliphatic rings. The second-order valence-electron chi connectivity index (χ2n) is 9.73. The quantitative estimate of drug-likeness (QED) is 0.415. The fourth-order valence-electron chi connectivity index (χ4n) is 4.05. The van der Waals surface area contributed by atoms with Crippen molar-refractivity contribution < 1.29 is 4.74 Å². The number of nitrogens with zero attached hydrogens (tertiary/aromatic N) is 5. The molecule has 1 aromatic carbocycles. The maximum absolute atomic E-state index is 6.14. The summed E-state index contributed by atoms with van der Waals surface area (Å²) in [5.74, 6) is 2.14. The number of fused-ring (bicyclic) bond motifs is 2. The van der Waals surface area contributed by atoms with E-state index in [1.807, 2.05) is 0 Å². The number of benzene rings is 1. The molecule has 4 rings (SSSR count). The number of nitrogens with one attached hydrogen (secondary N) is 1. The SMILES string of the molecule is CN(C)c1cc2c(cc1Cc1nc3c(N)nc(Cl)nc3n1CCNCC(C)(C)C)OCC2. The lowest BCUT2D eigenvalue weighted by Gasteiger charge is -2.20. The number of aromatic nitrogens is 4. The monoisotopic (exact) mass is 457 g/mol. The Kier molecular flexibility index (Phi) is 6.18. The number of hydrogen-bond acceptors (Lipinski definition) is 7. The van der Waals surface area contributed by atoms with Crippen molar-refractivity contribution >= 4 is 34.3 Å².